The minimum atomic E-state index is -0.147. The Balaban J connectivity index is 1.44. The van der Waals surface area contributed by atoms with Gasteiger partial charge in [-0.05, 0) is 42.8 Å². The van der Waals surface area contributed by atoms with Gasteiger partial charge in [0.15, 0.2) is 6.61 Å². The van der Waals surface area contributed by atoms with Crippen LogP contribution in [-0.2, 0) is 11.2 Å². The molecule has 0 fully saturated rings. The van der Waals surface area contributed by atoms with Gasteiger partial charge >= 0.3 is 0 Å². The molecule has 6 heteroatoms. The van der Waals surface area contributed by atoms with E-state index in [2.05, 4.69) is 31.2 Å². The van der Waals surface area contributed by atoms with Crippen LogP contribution in [0.3, 0.4) is 0 Å². The number of aromatic nitrogens is 2. The van der Waals surface area contributed by atoms with Crippen LogP contribution in [0.1, 0.15) is 11.4 Å². The normalized spacial score (nSPS) is 10.8. The standard InChI is InChI=1S/C18H18BrN3O2/c1-12-10-13(6-7-14(12)19)24-11-18(23)20-9-8-17-21-15-4-2-3-5-16(15)22-17/h2-7,10H,8-9,11H2,1H3,(H,20,23)(H,21,22). The summed E-state index contributed by atoms with van der Waals surface area (Å²) in [6.07, 6.45) is 0.651. The van der Waals surface area contributed by atoms with Crippen molar-refractivity contribution in [1.29, 1.82) is 0 Å². The van der Waals surface area contributed by atoms with E-state index in [-0.39, 0.29) is 12.5 Å². The molecule has 0 spiro atoms. The molecule has 0 bridgehead atoms. The summed E-state index contributed by atoms with van der Waals surface area (Å²) in [5, 5.41) is 2.84. The van der Waals surface area contributed by atoms with Gasteiger partial charge in [-0.15, -0.1) is 0 Å². The lowest BCUT2D eigenvalue weighted by molar-refractivity contribution is -0.123. The fraction of sp³-hybridized carbons (Fsp3) is 0.222. The third-order valence-electron chi connectivity index (χ3n) is 3.62. The van der Waals surface area contributed by atoms with E-state index in [1.54, 1.807) is 0 Å². The zero-order chi connectivity index (χ0) is 16.9. The molecule has 0 saturated carbocycles. The van der Waals surface area contributed by atoms with Gasteiger partial charge in [0, 0.05) is 17.4 Å². The molecular weight excluding hydrogens is 370 g/mol. The van der Waals surface area contributed by atoms with Crippen LogP contribution in [0, 0.1) is 6.92 Å². The number of hydrogen-bond donors (Lipinski definition) is 2. The average Bonchev–Trinajstić information content (AvgIpc) is 2.98. The molecule has 0 aliphatic carbocycles. The molecule has 2 aromatic carbocycles. The summed E-state index contributed by atoms with van der Waals surface area (Å²) in [7, 11) is 0. The van der Waals surface area contributed by atoms with Gasteiger partial charge in [-0.25, -0.2) is 4.98 Å². The van der Waals surface area contributed by atoms with Crippen molar-refractivity contribution in [3.8, 4) is 5.75 Å². The predicted molar refractivity (Wildman–Crippen MR) is 97.2 cm³/mol. The Morgan fingerprint density at radius 1 is 1.29 bits per heavy atom. The van der Waals surface area contributed by atoms with Gasteiger partial charge in [-0.3, -0.25) is 4.79 Å². The van der Waals surface area contributed by atoms with E-state index < -0.39 is 0 Å². The van der Waals surface area contributed by atoms with Gasteiger partial charge in [0.25, 0.3) is 5.91 Å². The van der Waals surface area contributed by atoms with Crippen molar-refractivity contribution in [1.82, 2.24) is 15.3 Å². The fourth-order valence-electron chi connectivity index (χ4n) is 2.35. The van der Waals surface area contributed by atoms with Crippen LogP contribution in [-0.4, -0.2) is 29.0 Å². The molecule has 0 unspecified atom stereocenters. The summed E-state index contributed by atoms with van der Waals surface area (Å²) >= 11 is 3.43. The Bertz CT molecular complexity index is 827. The highest BCUT2D eigenvalue weighted by Crippen LogP contribution is 2.21. The van der Waals surface area contributed by atoms with Crippen molar-refractivity contribution in [2.45, 2.75) is 13.3 Å². The second-order valence-electron chi connectivity index (χ2n) is 5.50. The molecule has 124 valence electrons. The number of hydrogen-bond acceptors (Lipinski definition) is 3. The molecule has 2 N–H and O–H groups in total. The minimum absolute atomic E-state index is 0.00119. The Morgan fingerprint density at radius 3 is 2.92 bits per heavy atom. The average molecular weight is 388 g/mol. The molecule has 1 aromatic heterocycles. The number of amides is 1. The second-order valence-corrected chi connectivity index (χ2v) is 6.35. The summed E-state index contributed by atoms with van der Waals surface area (Å²) < 4.78 is 6.52. The maximum atomic E-state index is 11.9. The van der Waals surface area contributed by atoms with E-state index in [4.69, 9.17) is 4.74 Å². The zero-order valence-corrected chi connectivity index (χ0v) is 14.9. The Kier molecular flexibility index (Phi) is 5.15. The van der Waals surface area contributed by atoms with Crippen LogP contribution in [0.2, 0.25) is 0 Å². The number of ether oxygens (including phenoxy) is 1. The Morgan fingerprint density at radius 2 is 2.12 bits per heavy atom. The molecule has 3 aromatic rings. The third-order valence-corrected chi connectivity index (χ3v) is 4.51. The Hall–Kier alpha value is -2.34. The number of fused-ring (bicyclic) bond motifs is 1. The van der Waals surface area contributed by atoms with E-state index in [0.29, 0.717) is 18.7 Å². The Labute approximate surface area is 148 Å². The van der Waals surface area contributed by atoms with Crippen molar-refractivity contribution in [3.05, 3.63) is 58.3 Å². The highest BCUT2D eigenvalue weighted by molar-refractivity contribution is 9.10. The number of imidazole rings is 1. The number of carbonyl (C=O) groups is 1. The van der Waals surface area contributed by atoms with Gasteiger partial charge in [0.2, 0.25) is 0 Å². The van der Waals surface area contributed by atoms with Crippen molar-refractivity contribution in [2.75, 3.05) is 13.2 Å². The molecule has 0 radical (unpaired) electrons. The maximum absolute atomic E-state index is 11.9. The van der Waals surface area contributed by atoms with Crippen molar-refractivity contribution >= 4 is 32.9 Å². The molecule has 0 aliphatic heterocycles. The van der Waals surface area contributed by atoms with Crippen molar-refractivity contribution < 1.29 is 9.53 Å². The SMILES string of the molecule is Cc1cc(OCC(=O)NCCc2nc3ccccc3[nH]2)ccc1Br. The maximum Gasteiger partial charge on any atom is 0.257 e. The summed E-state index contributed by atoms with van der Waals surface area (Å²) in [5.74, 6) is 1.40. The number of H-pyrrole nitrogens is 1. The minimum Gasteiger partial charge on any atom is -0.484 e. The van der Waals surface area contributed by atoms with E-state index in [0.717, 1.165) is 26.9 Å². The first-order chi connectivity index (χ1) is 11.6. The number of carbonyl (C=O) groups excluding carboxylic acids is 1. The van der Waals surface area contributed by atoms with E-state index >= 15 is 0 Å². The van der Waals surface area contributed by atoms with Crippen LogP contribution in [0.5, 0.6) is 5.75 Å². The third kappa shape index (κ3) is 4.14. The number of aromatic amines is 1. The molecular formula is C18H18BrN3O2. The smallest absolute Gasteiger partial charge is 0.257 e. The summed E-state index contributed by atoms with van der Waals surface area (Å²) in [5.41, 5.74) is 3.01. The number of halogens is 1. The number of para-hydroxylation sites is 2. The topological polar surface area (TPSA) is 67.0 Å². The number of rotatable bonds is 6. The van der Waals surface area contributed by atoms with Crippen molar-refractivity contribution in [2.24, 2.45) is 0 Å². The van der Waals surface area contributed by atoms with E-state index in [9.17, 15) is 4.79 Å². The van der Waals surface area contributed by atoms with Crippen LogP contribution >= 0.6 is 15.9 Å². The fourth-order valence-corrected chi connectivity index (χ4v) is 2.60. The molecule has 1 heterocycles. The van der Waals surface area contributed by atoms with E-state index in [1.165, 1.54) is 0 Å². The summed E-state index contributed by atoms with van der Waals surface area (Å²) in [6, 6.07) is 13.5. The monoisotopic (exact) mass is 387 g/mol. The lowest BCUT2D eigenvalue weighted by Crippen LogP contribution is -2.30. The second kappa shape index (κ2) is 7.49. The summed E-state index contributed by atoms with van der Waals surface area (Å²) in [6.45, 7) is 2.49. The van der Waals surface area contributed by atoms with Gasteiger partial charge in [0.1, 0.15) is 11.6 Å². The van der Waals surface area contributed by atoms with Crippen LogP contribution < -0.4 is 10.1 Å². The van der Waals surface area contributed by atoms with E-state index in [1.807, 2.05) is 49.4 Å². The summed E-state index contributed by atoms with van der Waals surface area (Å²) in [4.78, 5) is 19.6. The number of nitrogens with one attached hydrogen (secondary N) is 2. The van der Waals surface area contributed by atoms with Crippen LogP contribution in [0.25, 0.3) is 11.0 Å². The van der Waals surface area contributed by atoms with Crippen LogP contribution in [0.4, 0.5) is 0 Å². The molecule has 0 aliphatic rings. The quantitative estimate of drug-likeness (QED) is 0.681. The molecule has 24 heavy (non-hydrogen) atoms. The highest BCUT2D eigenvalue weighted by atomic mass is 79.9. The lowest BCUT2D eigenvalue weighted by atomic mass is 10.2. The van der Waals surface area contributed by atoms with Crippen molar-refractivity contribution in [3.63, 3.8) is 0 Å². The molecule has 5 nitrogen and oxygen atoms in total. The number of nitrogens with zero attached hydrogens (tertiary/aromatic N) is 1. The molecule has 0 saturated heterocycles. The largest absolute Gasteiger partial charge is 0.484 e. The van der Waals surface area contributed by atoms with Gasteiger partial charge < -0.3 is 15.0 Å². The van der Waals surface area contributed by atoms with Gasteiger partial charge in [-0.1, -0.05) is 28.1 Å². The predicted octanol–water partition coefficient (Wildman–Crippen LogP) is 3.37. The highest BCUT2D eigenvalue weighted by Gasteiger charge is 2.06. The van der Waals surface area contributed by atoms with Crippen LogP contribution in [0.15, 0.2) is 46.9 Å². The molecule has 3 rings (SSSR count). The molecule has 1 amide bonds. The first-order valence-corrected chi connectivity index (χ1v) is 8.50. The zero-order valence-electron chi connectivity index (χ0n) is 13.3. The van der Waals surface area contributed by atoms with Gasteiger partial charge in [-0.2, -0.15) is 0 Å². The first kappa shape index (κ1) is 16.5. The number of aryl methyl sites for hydroxylation is 1. The lowest BCUT2D eigenvalue weighted by Gasteiger charge is -2.08. The number of benzene rings is 2. The first-order valence-electron chi connectivity index (χ1n) is 7.71. The molecule has 0 atom stereocenters. The van der Waals surface area contributed by atoms with Gasteiger partial charge in [0.05, 0.1) is 11.0 Å².